The standard InChI is InChI=1S/C17H16O2/c1-2-3-7-14-10-12-15(13-11-14)17(18)19-16-8-5-4-6-9-16/h3-13H,2H2,1H3/b7-3+. The third-order valence-electron chi connectivity index (χ3n) is 2.65. The van der Waals surface area contributed by atoms with Crippen LogP contribution in [-0.4, -0.2) is 5.97 Å². The van der Waals surface area contributed by atoms with E-state index in [9.17, 15) is 4.79 Å². The molecule has 0 aromatic heterocycles. The second-order valence-corrected chi connectivity index (χ2v) is 4.14. The zero-order valence-electron chi connectivity index (χ0n) is 10.9. The summed E-state index contributed by atoms with van der Waals surface area (Å²) in [5.41, 5.74) is 1.63. The van der Waals surface area contributed by atoms with Gasteiger partial charge in [0.2, 0.25) is 0 Å². The molecule has 0 saturated carbocycles. The van der Waals surface area contributed by atoms with E-state index < -0.39 is 0 Å². The molecular weight excluding hydrogens is 236 g/mol. The largest absolute Gasteiger partial charge is 0.423 e. The highest BCUT2D eigenvalue weighted by Crippen LogP contribution is 2.13. The highest BCUT2D eigenvalue weighted by molar-refractivity contribution is 5.91. The number of hydrogen-bond acceptors (Lipinski definition) is 2. The Morgan fingerprint density at radius 2 is 1.74 bits per heavy atom. The highest BCUT2D eigenvalue weighted by atomic mass is 16.5. The molecule has 0 unspecified atom stereocenters. The lowest BCUT2D eigenvalue weighted by molar-refractivity contribution is 0.0735. The molecule has 0 bridgehead atoms. The molecule has 0 radical (unpaired) electrons. The Bertz CT molecular complexity index is 554. The number of hydrogen-bond donors (Lipinski definition) is 0. The molecular formula is C17H16O2. The number of allylic oxidation sites excluding steroid dienone is 1. The van der Waals surface area contributed by atoms with Gasteiger partial charge in [-0.1, -0.05) is 49.4 Å². The SMILES string of the molecule is CC/C=C/c1ccc(C(=O)Oc2ccccc2)cc1. The van der Waals surface area contributed by atoms with Crippen molar-refractivity contribution in [2.75, 3.05) is 0 Å². The molecule has 0 heterocycles. The van der Waals surface area contributed by atoms with Crippen LogP contribution in [0.1, 0.15) is 29.3 Å². The van der Waals surface area contributed by atoms with Crippen molar-refractivity contribution in [1.82, 2.24) is 0 Å². The van der Waals surface area contributed by atoms with E-state index in [0.717, 1.165) is 12.0 Å². The van der Waals surface area contributed by atoms with Crippen LogP contribution in [0.15, 0.2) is 60.7 Å². The van der Waals surface area contributed by atoms with Gasteiger partial charge in [0, 0.05) is 0 Å². The molecule has 0 atom stereocenters. The van der Waals surface area contributed by atoms with Gasteiger partial charge in [-0.2, -0.15) is 0 Å². The maximum Gasteiger partial charge on any atom is 0.343 e. The Balaban J connectivity index is 2.05. The number of rotatable bonds is 4. The Kier molecular flexibility index (Phi) is 4.51. The topological polar surface area (TPSA) is 26.3 Å². The molecule has 2 rings (SSSR count). The molecule has 0 aliphatic rings. The summed E-state index contributed by atoms with van der Waals surface area (Å²) in [5, 5.41) is 0. The molecule has 96 valence electrons. The minimum atomic E-state index is -0.336. The van der Waals surface area contributed by atoms with Crippen molar-refractivity contribution in [2.45, 2.75) is 13.3 Å². The summed E-state index contributed by atoms with van der Waals surface area (Å²) in [5.74, 6) is 0.222. The second kappa shape index (κ2) is 6.55. The van der Waals surface area contributed by atoms with Crippen LogP contribution < -0.4 is 4.74 Å². The van der Waals surface area contributed by atoms with Gasteiger partial charge < -0.3 is 4.74 Å². The number of carbonyl (C=O) groups is 1. The van der Waals surface area contributed by atoms with Gasteiger partial charge in [0.1, 0.15) is 5.75 Å². The molecule has 0 saturated heterocycles. The van der Waals surface area contributed by atoms with E-state index in [2.05, 4.69) is 13.0 Å². The predicted molar refractivity (Wildman–Crippen MR) is 77.2 cm³/mol. The number of benzene rings is 2. The van der Waals surface area contributed by atoms with Crippen molar-refractivity contribution in [2.24, 2.45) is 0 Å². The van der Waals surface area contributed by atoms with Gasteiger partial charge >= 0.3 is 5.97 Å². The molecule has 19 heavy (non-hydrogen) atoms. The smallest absolute Gasteiger partial charge is 0.343 e. The number of para-hydroxylation sites is 1. The monoisotopic (exact) mass is 252 g/mol. The van der Waals surface area contributed by atoms with Crippen molar-refractivity contribution in [3.8, 4) is 5.75 Å². The molecule has 0 aliphatic heterocycles. The first-order chi connectivity index (χ1) is 9.29. The first-order valence-electron chi connectivity index (χ1n) is 6.33. The van der Waals surface area contributed by atoms with Gasteiger partial charge in [0.25, 0.3) is 0 Å². The van der Waals surface area contributed by atoms with Crippen LogP contribution in [0.2, 0.25) is 0 Å². The molecule has 0 fully saturated rings. The maximum atomic E-state index is 11.9. The normalized spacial score (nSPS) is 10.6. The summed E-state index contributed by atoms with van der Waals surface area (Å²) in [6.07, 6.45) is 5.11. The van der Waals surface area contributed by atoms with E-state index in [1.807, 2.05) is 36.4 Å². The Morgan fingerprint density at radius 1 is 1.05 bits per heavy atom. The fourth-order valence-corrected chi connectivity index (χ4v) is 1.64. The molecule has 2 aromatic rings. The van der Waals surface area contributed by atoms with E-state index in [1.165, 1.54) is 0 Å². The third kappa shape index (κ3) is 3.81. The van der Waals surface area contributed by atoms with E-state index in [-0.39, 0.29) is 5.97 Å². The Labute approximate surface area is 113 Å². The maximum absolute atomic E-state index is 11.9. The Morgan fingerprint density at radius 3 is 2.37 bits per heavy atom. The number of ether oxygens (including phenoxy) is 1. The first-order valence-corrected chi connectivity index (χ1v) is 6.33. The van der Waals surface area contributed by atoms with E-state index in [0.29, 0.717) is 11.3 Å². The summed E-state index contributed by atoms with van der Waals surface area (Å²) in [7, 11) is 0. The van der Waals surface area contributed by atoms with Gasteiger partial charge in [-0.25, -0.2) is 4.79 Å². The van der Waals surface area contributed by atoms with Crippen molar-refractivity contribution in [3.05, 3.63) is 71.8 Å². The van der Waals surface area contributed by atoms with E-state index in [4.69, 9.17) is 4.74 Å². The van der Waals surface area contributed by atoms with Gasteiger partial charge in [0.15, 0.2) is 0 Å². The average molecular weight is 252 g/mol. The summed E-state index contributed by atoms with van der Waals surface area (Å²) >= 11 is 0. The van der Waals surface area contributed by atoms with Crippen molar-refractivity contribution in [1.29, 1.82) is 0 Å². The van der Waals surface area contributed by atoms with Crippen molar-refractivity contribution < 1.29 is 9.53 Å². The lowest BCUT2D eigenvalue weighted by atomic mass is 10.1. The second-order valence-electron chi connectivity index (χ2n) is 4.14. The van der Waals surface area contributed by atoms with E-state index in [1.54, 1.807) is 24.3 Å². The van der Waals surface area contributed by atoms with Crippen LogP contribution in [0.3, 0.4) is 0 Å². The van der Waals surface area contributed by atoms with Crippen LogP contribution >= 0.6 is 0 Å². The minimum Gasteiger partial charge on any atom is -0.423 e. The molecule has 0 aliphatic carbocycles. The zero-order valence-corrected chi connectivity index (χ0v) is 10.9. The van der Waals surface area contributed by atoms with Gasteiger partial charge in [0.05, 0.1) is 5.56 Å². The lowest BCUT2D eigenvalue weighted by Crippen LogP contribution is -2.08. The van der Waals surface area contributed by atoms with Crippen LogP contribution in [0.5, 0.6) is 5.75 Å². The lowest BCUT2D eigenvalue weighted by Gasteiger charge is -2.04. The first kappa shape index (κ1) is 13.1. The summed E-state index contributed by atoms with van der Waals surface area (Å²) in [6.45, 7) is 2.09. The predicted octanol–water partition coefficient (Wildman–Crippen LogP) is 4.33. The zero-order chi connectivity index (χ0) is 13.5. The quantitative estimate of drug-likeness (QED) is 0.598. The van der Waals surface area contributed by atoms with Gasteiger partial charge in [-0.15, -0.1) is 0 Å². The summed E-state index contributed by atoms with van der Waals surface area (Å²) in [4.78, 5) is 11.9. The number of esters is 1. The third-order valence-corrected chi connectivity index (χ3v) is 2.65. The van der Waals surface area contributed by atoms with Crippen molar-refractivity contribution in [3.63, 3.8) is 0 Å². The summed E-state index contributed by atoms with van der Waals surface area (Å²) in [6, 6.07) is 16.4. The molecule has 0 spiro atoms. The summed E-state index contributed by atoms with van der Waals surface area (Å²) < 4.78 is 5.26. The fraction of sp³-hybridized carbons (Fsp3) is 0.118. The molecule has 0 N–H and O–H groups in total. The fourth-order valence-electron chi connectivity index (χ4n) is 1.64. The van der Waals surface area contributed by atoms with Gasteiger partial charge in [-0.3, -0.25) is 0 Å². The van der Waals surface area contributed by atoms with Crippen LogP contribution in [0, 0.1) is 0 Å². The van der Waals surface area contributed by atoms with E-state index >= 15 is 0 Å². The van der Waals surface area contributed by atoms with Crippen LogP contribution in [-0.2, 0) is 0 Å². The van der Waals surface area contributed by atoms with Crippen LogP contribution in [0.25, 0.3) is 6.08 Å². The van der Waals surface area contributed by atoms with Crippen LogP contribution in [0.4, 0.5) is 0 Å². The average Bonchev–Trinajstić information content (AvgIpc) is 2.46. The molecule has 2 nitrogen and oxygen atoms in total. The molecule has 2 heteroatoms. The molecule has 0 amide bonds. The van der Waals surface area contributed by atoms with Crippen molar-refractivity contribution >= 4 is 12.0 Å². The van der Waals surface area contributed by atoms with Gasteiger partial charge in [-0.05, 0) is 36.2 Å². The number of carbonyl (C=O) groups excluding carboxylic acids is 1. The minimum absolute atomic E-state index is 0.336. The molecule has 2 aromatic carbocycles. The highest BCUT2D eigenvalue weighted by Gasteiger charge is 2.07. The Hall–Kier alpha value is -2.35.